The highest BCUT2D eigenvalue weighted by molar-refractivity contribution is 6.22. The minimum Gasteiger partial charge on any atom is -0.309 e. The Morgan fingerprint density at radius 2 is 0.836 bits per heavy atom. The van der Waals surface area contributed by atoms with Crippen molar-refractivity contribution in [1.82, 2.24) is 4.57 Å². The molecule has 0 saturated carbocycles. The van der Waals surface area contributed by atoms with Crippen molar-refractivity contribution in [3.8, 4) is 27.9 Å². The molecule has 9 rings (SSSR count). The molecule has 1 aromatic heterocycles. The van der Waals surface area contributed by atoms with E-state index >= 15 is 0 Å². The fraction of sp³-hybridized carbons (Fsp3) is 0.148. The van der Waals surface area contributed by atoms with Gasteiger partial charge in [-0.15, -0.1) is 0 Å². The third-order valence-electron chi connectivity index (χ3n) is 11.3. The number of aromatic nitrogens is 1. The van der Waals surface area contributed by atoms with Gasteiger partial charge in [0.15, 0.2) is 0 Å². The molecular weight excluding hydrogens is 663 g/mol. The zero-order chi connectivity index (χ0) is 37.1. The van der Waals surface area contributed by atoms with E-state index in [1.165, 1.54) is 107 Å². The number of hydrogen-bond donors (Lipinski definition) is 0. The molecule has 8 aromatic carbocycles. The Balaban J connectivity index is 1.08. The molecule has 0 aliphatic heterocycles. The first-order valence-corrected chi connectivity index (χ1v) is 20.0. The van der Waals surface area contributed by atoms with Crippen molar-refractivity contribution in [3.05, 3.63) is 209 Å². The largest absolute Gasteiger partial charge is 0.309 e. The van der Waals surface area contributed by atoms with Crippen LogP contribution in [0.1, 0.15) is 60.1 Å². The summed E-state index contributed by atoms with van der Waals surface area (Å²) in [5.41, 5.74) is 16.9. The second-order valence-electron chi connectivity index (χ2n) is 15.1. The van der Waals surface area contributed by atoms with Gasteiger partial charge in [0.2, 0.25) is 0 Å². The van der Waals surface area contributed by atoms with Gasteiger partial charge in [-0.1, -0.05) is 178 Å². The maximum Gasteiger partial charge on any atom is 0.0550 e. The predicted octanol–water partition coefficient (Wildman–Crippen LogP) is 14.4. The van der Waals surface area contributed by atoms with Gasteiger partial charge >= 0.3 is 0 Å². The van der Waals surface area contributed by atoms with E-state index in [2.05, 4.69) is 194 Å². The molecule has 0 aliphatic carbocycles. The molecule has 268 valence electrons. The summed E-state index contributed by atoms with van der Waals surface area (Å²) in [6.07, 6.45) is 6.36. The lowest BCUT2D eigenvalue weighted by Gasteiger charge is -2.13. The summed E-state index contributed by atoms with van der Waals surface area (Å²) in [6.45, 7) is 4.47. The molecular formula is C54H47N. The lowest BCUT2D eigenvalue weighted by atomic mass is 9.94. The number of benzene rings is 8. The van der Waals surface area contributed by atoms with E-state index in [4.69, 9.17) is 0 Å². The van der Waals surface area contributed by atoms with Crippen molar-refractivity contribution in [2.24, 2.45) is 0 Å². The lowest BCUT2D eigenvalue weighted by Crippen LogP contribution is -1.96. The van der Waals surface area contributed by atoms with Crippen LogP contribution in [0.4, 0.5) is 0 Å². The third kappa shape index (κ3) is 6.99. The Kier molecular flexibility index (Phi) is 9.61. The summed E-state index contributed by atoms with van der Waals surface area (Å²) in [4.78, 5) is 0. The zero-order valence-corrected chi connectivity index (χ0v) is 31.9. The first-order chi connectivity index (χ1) is 27.1. The van der Waals surface area contributed by atoms with Crippen LogP contribution in [-0.4, -0.2) is 4.57 Å². The van der Waals surface area contributed by atoms with E-state index < -0.39 is 0 Å². The molecule has 1 heteroatoms. The van der Waals surface area contributed by atoms with E-state index in [9.17, 15) is 0 Å². The van der Waals surface area contributed by atoms with E-state index in [-0.39, 0.29) is 0 Å². The van der Waals surface area contributed by atoms with Crippen molar-refractivity contribution < 1.29 is 0 Å². The van der Waals surface area contributed by atoms with Crippen molar-refractivity contribution in [2.75, 3.05) is 0 Å². The maximum atomic E-state index is 2.49. The van der Waals surface area contributed by atoms with Crippen LogP contribution in [0.25, 0.3) is 60.5 Å². The summed E-state index contributed by atoms with van der Waals surface area (Å²) >= 11 is 0. The molecule has 55 heavy (non-hydrogen) atoms. The number of aryl methyl sites for hydroxylation is 2. The monoisotopic (exact) mass is 709 g/mol. The molecule has 0 atom stereocenters. The topological polar surface area (TPSA) is 4.93 Å². The quantitative estimate of drug-likeness (QED) is 0.126. The number of para-hydroxylation sites is 1. The third-order valence-corrected chi connectivity index (χ3v) is 11.3. The number of hydrogen-bond acceptors (Lipinski definition) is 0. The Labute approximate surface area is 325 Å². The van der Waals surface area contributed by atoms with Crippen molar-refractivity contribution >= 4 is 32.6 Å². The first-order valence-electron chi connectivity index (χ1n) is 20.0. The van der Waals surface area contributed by atoms with Gasteiger partial charge in [0.25, 0.3) is 0 Å². The van der Waals surface area contributed by atoms with Gasteiger partial charge in [0, 0.05) is 16.5 Å². The van der Waals surface area contributed by atoms with Crippen LogP contribution < -0.4 is 0 Å². The summed E-state index contributed by atoms with van der Waals surface area (Å²) in [5.74, 6) is 0. The summed E-state index contributed by atoms with van der Waals surface area (Å²) in [5, 5.41) is 5.24. The summed E-state index contributed by atoms with van der Waals surface area (Å²) < 4.78 is 2.49. The van der Waals surface area contributed by atoms with Crippen LogP contribution in [0.15, 0.2) is 176 Å². The minimum absolute atomic E-state index is 0.868. The van der Waals surface area contributed by atoms with Crippen LogP contribution in [0.2, 0.25) is 0 Å². The Morgan fingerprint density at radius 1 is 0.364 bits per heavy atom. The summed E-state index contributed by atoms with van der Waals surface area (Å²) in [7, 11) is 0. The molecule has 0 N–H and O–H groups in total. The molecule has 0 unspecified atom stereocenters. The van der Waals surface area contributed by atoms with Crippen molar-refractivity contribution in [1.29, 1.82) is 0 Å². The minimum atomic E-state index is 0.868. The zero-order valence-electron chi connectivity index (χ0n) is 31.9. The van der Waals surface area contributed by atoms with Gasteiger partial charge in [-0.05, 0) is 116 Å². The highest BCUT2D eigenvalue weighted by Crippen LogP contribution is 2.40. The van der Waals surface area contributed by atoms with Crippen molar-refractivity contribution in [3.63, 3.8) is 0 Å². The van der Waals surface area contributed by atoms with Crippen LogP contribution >= 0.6 is 0 Å². The molecule has 0 bridgehead atoms. The van der Waals surface area contributed by atoms with Gasteiger partial charge in [0.05, 0.1) is 11.0 Å². The Morgan fingerprint density at radius 3 is 1.38 bits per heavy atom. The number of rotatable bonds is 11. The Hall–Kier alpha value is -6.18. The molecule has 0 fully saturated rings. The van der Waals surface area contributed by atoms with Crippen LogP contribution in [0, 0.1) is 0 Å². The highest BCUT2D eigenvalue weighted by Gasteiger charge is 2.18. The average Bonchev–Trinajstić information content (AvgIpc) is 3.56. The van der Waals surface area contributed by atoms with Crippen LogP contribution in [-0.2, 0) is 25.7 Å². The van der Waals surface area contributed by atoms with Gasteiger partial charge in [0.1, 0.15) is 0 Å². The second-order valence-corrected chi connectivity index (χ2v) is 15.1. The lowest BCUT2D eigenvalue weighted by molar-refractivity contribution is 0.922. The van der Waals surface area contributed by atoms with E-state index in [0.717, 1.165) is 25.7 Å². The molecule has 0 spiro atoms. The van der Waals surface area contributed by atoms with Gasteiger partial charge < -0.3 is 4.57 Å². The van der Waals surface area contributed by atoms with E-state index in [0.29, 0.717) is 0 Å². The van der Waals surface area contributed by atoms with Gasteiger partial charge in [-0.3, -0.25) is 0 Å². The standard InChI is InChI=1S/C54H47N/c1-3-10-38-16-25-43(26-17-38)45-29-20-40(21-30-45)34-42-24-33-51-52(36-42)55(48-12-6-5-7-13-48)53-37-47(49-14-8-9-15-50(49)54(51)53)35-41-22-31-46(32-23-41)44-27-18-39(11-4-2)19-28-44/h5-9,12-33,36-37H,3-4,10-11,34-35H2,1-2H3. The molecule has 0 aliphatic rings. The normalized spacial score (nSPS) is 11.5. The number of fused-ring (bicyclic) bond motifs is 5. The fourth-order valence-electron chi connectivity index (χ4n) is 8.50. The smallest absolute Gasteiger partial charge is 0.0550 e. The molecule has 0 amide bonds. The summed E-state index contributed by atoms with van der Waals surface area (Å²) in [6, 6.07) is 65.9. The van der Waals surface area contributed by atoms with Crippen LogP contribution in [0.5, 0.6) is 0 Å². The van der Waals surface area contributed by atoms with Gasteiger partial charge in [-0.25, -0.2) is 0 Å². The highest BCUT2D eigenvalue weighted by atomic mass is 15.0. The predicted molar refractivity (Wildman–Crippen MR) is 236 cm³/mol. The SMILES string of the molecule is CCCc1ccc(-c2ccc(Cc3ccc4c5c6ccccc6c(Cc6ccc(-c7ccc(CCC)cc7)cc6)cc5n(-c5ccccc5)c4c3)cc2)cc1. The van der Waals surface area contributed by atoms with E-state index in [1.54, 1.807) is 0 Å². The molecule has 0 saturated heterocycles. The fourth-order valence-corrected chi connectivity index (χ4v) is 8.50. The van der Waals surface area contributed by atoms with Crippen LogP contribution in [0.3, 0.4) is 0 Å². The average molecular weight is 710 g/mol. The second kappa shape index (κ2) is 15.3. The van der Waals surface area contributed by atoms with E-state index in [1.807, 2.05) is 0 Å². The molecule has 1 nitrogen and oxygen atoms in total. The van der Waals surface area contributed by atoms with Gasteiger partial charge in [-0.2, -0.15) is 0 Å². The molecule has 9 aromatic rings. The van der Waals surface area contributed by atoms with Crippen molar-refractivity contribution in [2.45, 2.75) is 52.4 Å². The molecule has 0 radical (unpaired) electrons. The Bertz CT molecular complexity index is 2710. The molecule has 1 heterocycles. The number of nitrogens with zero attached hydrogens (tertiary/aromatic N) is 1. The maximum absolute atomic E-state index is 2.49. The first kappa shape index (κ1) is 34.6.